The van der Waals surface area contributed by atoms with Gasteiger partial charge in [0.1, 0.15) is 11.2 Å². The minimum Gasteiger partial charge on any atom is -0.455 e. The molecule has 0 amide bonds. The number of hydrogen-bond donors (Lipinski definition) is 0. The third-order valence-corrected chi connectivity index (χ3v) is 12.7. The molecule has 61 heavy (non-hydrogen) atoms. The predicted molar refractivity (Wildman–Crippen MR) is 262 cm³/mol. The highest BCUT2D eigenvalue weighted by atomic mass is 16.3. The number of rotatable bonds is 10. The average Bonchev–Trinajstić information content (AvgIpc) is 3.77. The number of fused-ring (bicyclic) bond motifs is 7. The number of nitrogens with zero attached hydrogens (tertiary/aromatic N) is 1. The summed E-state index contributed by atoms with van der Waals surface area (Å²) in [5.74, 6) is 0. The van der Waals surface area contributed by atoms with Crippen LogP contribution in [0, 0.1) is 0 Å². The Morgan fingerprint density at radius 2 is 1.33 bits per heavy atom. The highest BCUT2D eigenvalue weighted by Crippen LogP contribution is 2.46. The molecule has 0 radical (unpaired) electrons. The molecule has 0 unspecified atom stereocenters. The second-order valence-corrected chi connectivity index (χ2v) is 16.6. The van der Waals surface area contributed by atoms with Crippen LogP contribution in [0.4, 0.5) is 5.69 Å². The van der Waals surface area contributed by atoms with Gasteiger partial charge in [-0.3, -0.25) is 0 Å². The summed E-state index contributed by atoms with van der Waals surface area (Å²) in [6.07, 6.45) is 12.9. The Labute approximate surface area is 358 Å². The lowest BCUT2D eigenvalue weighted by molar-refractivity contribution is 0.639. The van der Waals surface area contributed by atoms with Crippen LogP contribution in [0.5, 0.6) is 0 Å². The van der Waals surface area contributed by atoms with Crippen molar-refractivity contribution in [2.45, 2.75) is 26.2 Å². The quantitative estimate of drug-likeness (QED) is 0.128. The number of benzene rings is 8. The third kappa shape index (κ3) is 6.90. The Kier molecular flexibility index (Phi) is 9.70. The van der Waals surface area contributed by atoms with E-state index in [1.54, 1.807) is 0 Å². The topological polar surface area (TPSA) is 16.4 Å². The van der Waals surface area contributed by atoms with Crippen molar-refractivity contribution in [1.29, 1.82) is 0 Å². The fourth-order valence-electron chi connectivity index (χ4n) is 9.20. The van der Waals surface area contributed by atoms with Gasteiger partial charge in [-0.25, -0.2) is 0 Å². The fraction of sp³-hybridized carbons (Fsp3) is 0.0847. The lowest BCUT2D eigenvalue weighted by Gasteiger charge is -2.25. The molecule has 0 saturated carbocycles. The summed E-state index contributed by atoms with van der Waals surface area (Å²) < 4.78 is 6.48. The van der Waals surface area contributed by atoms with Crippen molar-refractivity contribution >= 4 is 60.8 Å². The number of allylic oxidation sites excluding steroid dienone is 6. The zero-order valence-corrected chi connectivity index (χ0v) is 34.9. The molecular weight excluding hydrogens is 739 g/mol. The first kappa shape index (κ1) is 37.8. The molecule has 8 aromatic carbocycles. The van der Waals surface area contributed by atoms with Crippen LogP contribution in [-0.2, 0) is 5.41 Å². The molecule has 1 heterocycles. The number of anilines is 1. The Balaban J connectivity index is 1.05. The van der Waals surface area contributed by atoms with Gasteiger partial charge < -0.3 is 9.32 Å². The molecule has 1 aliphatic rings. The highest BCUT2D eigenvalue weighted by molar-refractivity contribution is 6.15. The molecule has 294 valence electrons. The predicted octanol–water partition coefficient (Wildman–Crippen LogP) is 16.1. The SMILES string of the molecule is C=C/C=C\C(=C\c1ccc2oc3c4ccccc4ccc3c2c1)N(C/C=C\C1=C(C)C(C)(C)c2ccccc21)c1ccc(-c2cccc(-c3cccc4ccccc34)c2)cc1. The first-order chi connectivity index (χ1) is 29.9. The van der Waals surface area contributed by atoms with Gasteiger partial charge in [-0.1, -0.05) is 184 Å². The van der Waals surface area contributed by atoms with E-state index < -0.39 is 0 Å². The molecule has 0 spiro atoms. The van der Waals surface area contributed by atoms with Gasteiger partial charge in [0.15, 0.2) is 0 Å². The summed E-state index contributed by atoms with van der Waals surface area (Å²) in [6.45, 7) is 11.6. The van der Waals surface area contributed by atoms with E-state index in [4.69, 9.17) is 4.42 Å². The second-order valence-electron chi connectivity index (χ2n) is 16.6. The maximum atomic E-state index is 6.48. The van der Waals surface area contributed by atoms with Gasteiger partial charge in [0, 0.05) is 39.5 Å². The zero-order valence-electron chi connectivity index (χ0n) is 34.9. The molecule has 1 aliphatic carbocycles. The summed E-state index contributed by atoms with van der Waals surface area (Å²) in [5, 5.41) is 7.04. The Morgan fingerprint density at radius 1 is 0.623 bits per heavy atom. The Morgan fingerprint density at radius 3 is 2.16 bits per heavy atom. The van der Waals surface area contributed by atoms with E-state index in [0.29, 0.717) is 6.54 Å². The normalized spacial score (nSPS) is 14.0. The Hall–Kier alpha value is -7.42. The van der Waals surface area contributed by atoms with E-state index in [2.05, 4.69) is 226 Å². The lowest BCUT2D eigenvalue weighted by Crippen LogP contribution is -2.21. The van der Waals surface area contributed by atoms with Crippen molar-refractivity contribution in [2.75, 3.05) is 11.4 Å². The summed E-state index contributed by atoms with van der Waals surface area (Å²) in [6, 6.07) is 61.2. The van der Waals surface area contributed by atoms with Gasteiger partial charge >= 0.3 is 0 Å². The minimum atomic E-state index is -0.0172. The molecule has 10 rings (SSSR count). The van der Waals surface area contributed by atoms with Crippen LogP contribution in [0.25, 0.3) is 77.4 Å². The molecule has 0 N–H and O–H groups in total. The minimum absolute atomic E-state index is 0.0172. The molecule has 0 fully saturated rings. The van der Waals surface area contributed by atoms with Gasteiger partial charge in [0.05, 0.1) is 0 Å². The monoisotopic (exact) mass is 785 g/mol. The van der Waals surface area contributed by atoms with Crippen molar-refractivity contribution in [2.24, 2.45) is 0 Å². The van der Waals surface area contributed by atoms with Crippen LogP contribution in [0.2, 0.25) is 0 Å². The maximum Gasteiger partial charge on any atom is 0.143 e. The van der Waals surface area contributed by atoms with Crippen molar-refractivity contribution < 1.29 is 4.42 Å². The smallest absolute Gasteiger partial charge is 0.143 e. The molecule has 0 atom stereocenters. The summed E-state index contributed by atoms with van der Waals surface area (Å²) in [7, 11) is 0. The van der Waals surface area contributed by atoms with Crippen LogP contribution in [0.15, 0.2) is 223 Å². The van der Waals surface area contributed by atoms with E-state index >= 15 is 0 Å². The van der Waals surface area contributed by atoms with Crippen molar-refractivity contribution in [3.05, 3.63) is 235 Å². The second kappa shape index (κ2) is 15.6. The fourth-order valence-corrected chi connectivity index (χ4v) is 9.20. The van der Waals surface area contributed by atoms with Gasteiger partial charge in [0.25, 0.3) is 0 Å². The van der Waals surface area contributed by atoms with Crippen molar-refractivity contribution in [3.8, 4) is 22.3 Å². The van der Waals surface area contributed by atoms with Gasteiger partial charge in [0.2, 0.25) is 0 Å². The molecule has 2 heteroatoms. The molecule has 0 bridgehead atoms. The first-order valence-corrected chi connectivity index (χ1v) is 21.2. The zero-order chi connectivity index (χ0) is 41.5. The van der Waals surface area contributed by atoms with Crippen molar-refractivity contribution in [3.63, 3.8) is 0 Å². The summed E-state index contributed by atoms with van der Waals surface area (Å²) in [5.41, 5.74) is 15.2. The molecule has 0 saturated heterocycles. The molecular formula is C59H47NO. The van der Waals surface area contributed by atoms with Crippen LogP contribution in [-0.4, -0.2) is 6.54 Å². The van der Waals surface area contributed by atoms with E-state index in [9.17, 15) is 0 Å². The highest BCUT2D eigenvalue weighted by Gasteiger charge is 2.33. The maximum absolute atomic E-state index is 6.48. The molecule has 1 aromatic heterocycles. The van der Waals surface area contributed by atoms with Crippen molar-refractivity contribution in [1.82, 2.24) is 0 Å². The van der Waals surface area contributed by atoms with Crippen LogP contribution in [0.3, 0.4) is 0 Å². The largest absolute Gasteiger partial charge is 0.455 e. The number of hydrogen-bond acceptors (Lipinski definition) is 2. The summed E-state index contributed by atoms with van der Waals surface area (Å²) in [4.78, 5) is 2.39. The van der Waals surface area contributed by atoms with Gasteiger partial charge in [-0.05, 0) is 116 Å². The lowest BCUT2D eigenvalue weighted by atomic mass is 9.82. The Bertz CT molecular complexity index is 3270. The molecule has 2 nitrogen and oxygen atoms in total. The third-order valence-electron chi connectivity index (χ3n) is 12.7. The molecule has 9 aromatic rings. The van der Waals surface area contributed by atoms with E-state index in [1.807, 2.05) is 12.2 Å². The van der Waals surface area contributed by atoms with Crippen LogP contribution < -0.4 is 4.90 Å². The van der Waals surface area contributed by atoms with E-state index in [1.165, 1.54) is 60.7 Å². The van der Waals surface area contributed by atoms with E-state index in [-0.39, 0.29) is 5.41 Å². The van der Waals surface area contributed by atoms with Gasteiger partial charge in [-0.2, -0.15) is 0 Å². The van der Waals surface area contributed by atoms with E-state index in [0.717, 1.165) is 44.3 Å². The first-order valence-electron chi connectivity index (χ1n) is 21.2. The average molecular weight is 786 g/mol. The standard InChI is InChI=1S/C59H47NO/c1-5-6-21-48(37-41-28-35-57-55(38-41)54-34-31-44-17-8-10-23-52(44)58(54)61-57)60(36-15-26-49-40(2)59(3,4)56-27-12-11-24-53(49)56)47-32-29-42(30-33-47)45-19-13-20-46(39-45)51-25-14-18-43-16-7-9-22-50(43)51/h5-35,37-39H,1,36H2,2-4H3/b21-6-,26-15-,48-37-. The molecule has 0 aliphatic heterocycles. The van der Waals surface area contributed by atoms with Crippen LogP contribution >= 0.6 is 0 Å². The van der Waals surface area contributed by atoms with Gasteiger partial charge in [-0.15, -0.1) is 0 Å². The summed E-state index contributed by atoms with van der Waals surface area (Å²) >= 11 is 0. The number of furan rings is 1. The van der Waals surface area contributed by atoms with Crippen LogP contribution in [0.1, 0.15) is 37.5 Å².